The number of aromatic nitrogens is 1. The van der Waals surface area contributed by atoms with Gasteiger partial charge in [-0.1, -0.05) is 24.7 Å². The number of thiazole rings is 1. The van der Waals surface area contributed by atoms with Gasteiger partial charge < -0.3 is 9.64 Å². The fraction of sp³-hybridized carbons (Fsp3) is 0.500. The predicted molar refractivity (Wildman–Crippen MR) is 105 cm³/mol. The number of hydrogen-bond acceptors (Lipinski definition) is 4. The average Bonchev–Trinajstić information content (AvgIpc) is 3.03. The van der Waals surface area contributed by atoms with Crippen LogP contribution in [0, 0.1) is 0 Å². The van der Waals surface area contributed by atoms with Gasteiger partial charge in [-0.25, -0.2) is 4.98 Å². The highest BCUT2D eigenvalue weighted by Gasteiger charge is 2.25. The van der Waals surface area contributed by atoms with Crippen LogP contribution in [0.2, 0.25) is 0 Å². The Morgan fingerprint density at radius 1 is 1.35 bits per heavy atom. The van der Waals surface area contributed by atoms with Crippen LogP contribution >= 0.6 is 11.3 Å². The van der Waals surface area contributed by atoms with E-state index in [-0.39, 0.29) is 5.91 Å². The van der Waals surface area contributed by atoms with Crippen LogP contribution in [-0.2, 0) is 13.0 Å². The SMILES string of the molecule is CCCCOc1ccc(C(=O)Nc2nc3c(s2)C[NH+](C(C)C)CC3)cc1. The first-order chi connectivity index (χ1) is 12.6. The maximum atomic E-state index is 12.5. The molecule has 6 heteroatoms. The van der Waals surface area contributed by atoms with Crippen molar-refractivity contribution in [2.75, 3.05) is 18.5 Å². The molecule has 2 N–H and O–H groups in total. The van der Waals surface area contributed by atoms with E-state index in [4.69, 9.17) is 4.74 Å². The molecule has 0 spiro atoms. The van der Waals surface area contributed by atoms with Crippen molar-refractivity contribution in [1.82, 2.24) is 4.98 Å². The van der Waals surface area contributed by atoms with Crippen molar-refractivity contribution in [1.29, 1.82) is 0 Å². The molecule has 0 aliphatic carbocycles. The van der Waals surface area contributed by atoms with E-state index in [2.05, 4.69) is 31.1 Å². The molecule has 1 unspecified atom stereocenters. The van der Waals surface area contributed by atoms with Gasteiger partial charge in [0.15, 0.2) is 5.13 Å². The highest BCUT2D eigenvalue weighted by Crippen LogP contribution is 2.25. The minimum absolute atomic E-state index is 0.121. The first kappa shape index (κ1) is 18.9. The van der Waals surface area contributed by atoms with E-state index >= 15 is 0 Å². The van der Waals surface area contributed by atoms with E-state index in [1.165, 1.54) is 4.88 Å². The smallest absolute Gasteiger partial charge is 0.257 e. The molecule has 0 saturated carbocycles. The second-order valence-electron chi connectivity index (χ2n) is 7.06. The first-order valence-electron chi connectivity index (χ1n) is 9.44. The monoisotopic (exact) mass is 374 g/mol. The number of quaternary nitrogens is 1. The normalized spacial score (nSPS) is 16.4. The molecule has 1 aromatic carbocycles. The number of unbranched alkanes of at least 4 members (excludes halogenated alkanes) is 1. The molecule has 2 aromatic rings. The second kappa shape index (κ2) is 8.64. The fourth-order valence-corrected chi connectivity index (χ4v) is 4.10. The molecule has 1 aliphatic heterocycles. The highest BCUT2D eigenvalue weighted by molar-refractivity contribution is 7.15. The van der Waals surface area contributed by atoms with Crippen LogP contribution in [-0.4, -0.2) is 30.1 Å². The van der Waals surface area contributed by atoms with Gasteiger partial charge in [-0.15, -0.1) is 0 Å². The molecule has 0 radical (unpaired) electrons. The number of anilines is 1. The fourth-order valence-electron chi connectivity index (χ4n) is 3.04. The predicted octanol–water partition coefficient (Wildman–Crippen LogP) is 2.92. The summed E-state index contributed by atoms with van der Waals surface area (Å²) in [6.45, 7) is 9.46. The zero-order chi connectivity index (χ0) is 18.5. The third kappa shape index (κ3) is 4.62. The van der Waals surface area contributed by atoms with Crippen LogP contribution in [0.15, 0.2) is 24.3 Å². The molecule has 0 bridgehead atoms. The summed E-state index contributed by atoms with van der Waals surface area (Å²) >= 11 is 1.61. The van der Waals surface area contributed by atoms with Gasteiger partial charge in [0.05, 0.1) is 29.8 Å². The lowest BCUT2D eigenvalue weighted by atomic mass is 10.1. The van der Waals surface area contributed by atoms with Crippen molar-refractivity contribution in [2.45, 2.75) is 52.6 Å². The summed E-state index contributed by atoms with van der Waals surface area (Å²) < 4.78 is 5.64. The Labute approximate surface area is 159 Å². The number of carbonyl (C=O) groups is 1. The van der Waals surface area contributed by atoms with Crippen LogP contribution in [0.3, 0.4) is 0 Å². The van der Waals surface area contributed by atoms with E-state index in [1.54, 1.807) is 28.4 Å². The molecule has 1 aromatic heterocycles. The van der Waals surface area contributed by atoms with Gasteiger partial charge in [0, 0.05) is 12.0 Å². The molecule has 1 amide bonds. The number of amides is 1. The Hall–Kier alpha value is -1.92. The second-order valence-corrected chi connectivity index (χ2v) is 8.14. The van der Waals surface area contributed by atoms with Crippen molar-refractivity contribution in [3.63, 3.8) is 0 Å². The molecule has 1 atom stereocenters. The van der Waals surface area contributed by atoms with Crippen LogP contribution in [0.4, 0.5) is 5.13 Å². The van der Waals surface area contributed by atoms with Gasteiger partial charge in [0.2, 0.25) is 0 Å². The first-order valence-corrected chi connectivity index (χ1v) is 10.3. The highest BCUT2D eigenvalue weighted by atomic mass is 32.1. The largest absolute Gasteiger partial charge is 0.494 e. The Balaban J connectivity index is 1.60. The summed E-state index contributed by atoms with van der Waals surface area (Å²) in [7, 11) is 0. The summed E-state index contributed by atoms with van der Waals surface area (Å²) in [5, 5.41) is 3.65. The quantitative estimate of drug-likeness (QED) is 0.733. The lowest BCUT2D eigenvalue weighted by Gasteiger charge is -2.26. The molecule has 26 heavy (non-hydrogen) atoms. The van der Waals surface area contributed by atoms with Gasteiger partial charge in [0.25, 0.3) is 5.91 Å². The standard InChI is InChI=1S/C20H27N3O2S/c1-4-5-12-25-16-8-6-15(7-9-16)19(24)22-20-21-17-10-11-23(14(2)3)13-18(17)26-20/h6-9,14H,4-5,10-13H2,1-3H3,(H,21,22,24)/p+1. The molecule has 0 saturated heterocycles. The summed E-state index contributed by atoms with van der Waals surface area (Å²) in [5.41, 5.74) is 1.77. The number of nitrogens with zero attached hydrogens (tertiary/aromatic N) is 1. The average molecular weight is 375 g/mol. The zero-order valence-corrected chi connectivity index (χ0v) is 16.6. The lowest BCUT2D eigenvalue weighted by molar-refractivity contribution is -0.936. The third-order valence-corrected chi connectivity index (χ3v) is 5.78. The minimum Gasteiger partial charge on any atom is -0.494 e. The topological polar surface area (TPSA) is 55.7 Å². The molecule has 0 fully saturated rings. The van der Waals surface area contributed by atoms with Gasteiger partial charge in [-0.3, -0.25) is 10.1 Å². The number of benzene rings is 1. The summed E-state index contributed by atoms with van der Waals surface area (Å²) in [6, 6.07) is 7.91. The van der Waals surface area contributed by atoms with Crippen LogP contribution < -0.4 is 15.0 Å². The van der Waals surface area contributed by atoms with Crippen molar-refractivity contribution in [2.24, 2.45) is 0 Å². The van der Waals surface area contributed by atoms with E-state index in [9.17, 15) is 4.79 Å². The summed E-state index contributed by atoms with van der Waals surface area (Å²) in [5.74, 6) is 0.681. The van der Waals surface area contributed by atoms with E-state index in [1.807, 2.05) is 12.1 Å². The van der Waals surface area contributed by atoms with Crippen molar-refractivity contribution < 1.29 is 14.4 Å². The minimum atomic E-state index is -0.121. The number of rotatable bonds is 7. The van der Waals surface area contributed by atoms with Crippen molar-refractivity contribution in [3.8, 4) is 5.75 Å². The molecule has 5 nitrogen and oxygen atoms in total. The molecule has 140 valence electrons. The maximum absolute atomic E-state index is 12.5. The number of nitrogens with one attached hydrogen (secondary N) is 2. The Bertz CT molecular complexity index is 740. The van der Waals surface area contributed by atoms with Crippen LogP contribution in [0.5, 0.6) is 5.75 Å². The molecular formula is C20H28N3O2S+. The van der Waals surface area contributed by atoms with Gasteiger partial charge in [0.1, 0.15) is 12.3 Å². The van der Waals surface area contributed by atoms with Gasteiger partial charge >= 0.3 is 0 Å². The van der Waals surface area contributed by atoms with Crippen LogP contribution in [0.25, 0.3) is 0 Å². The number of carbonyl (C=O) groups excluding carboxylic acids is 1. The van der Waals surface area contributed by atoms with Crippen LogP contribution in [0.1, 0.15) is 54.5 Å². The van der Waals surface area contributed by atoms with Gasteiger partial charge in [-0.05, 0) is 44.5 Å². The molecule has 1 aliphatic rings. The summed E-state index contributed by atoms with van der Waals surface area (Å²) in [4.78, 5) is 20.0. The molecular weight excluding hydrogens is 346 g/mol. The lowest BCUT2D eigenvalue weighted by Crippen LogP contribution is -3.14. The van der Waals surface area contributed by atoms with E-state index < -0.39 is 0 Å². The Kier molecular flexibility index (Phi) is 6.27. The Morgan fingerprint density at radius 2 is 2.12 bits per heavy atom. The van der Waals surface area contributed by atoms with E-state index in [0.717, 1.165) is 43.8 Å². The zero-order valence-electron chi connectivity index (χ0n) is 15.8. The third-order valence-electron chi connectivity index (χ3n) is 4.77. The molecule has 3 rings (SSSR count). The number of ether oxygens (including phenoxy) is 1. The number of fused-ring (bicyclic) bond motifs is 1. The Morgan fingerprint density at radius 3 is 2.81 bits per heavy atom. The number of hydrogen-bond donors (Lipinski definition) is 2. The summed E-state index contributed by atoms with van der Waals surface area (Å²) in [6.07, 6.45) is 3.13. The van der Waals surface area contributed by atoms with Crippen molar-refractivity contribution in [3.05, 3.63) is 40.4 Å². The van der Waals surface area contributed by atoms with E-state index in [0.29, 0.717) is 23.3 Å². The van der Waals surface area contributed by atoms with Crippen molar-refractivity contribution >= 4 is 22.4 Å². The molecule has 2 heterocycles. The maximum Gasteiger partial charge on any atom is 0.257 e. The van der Waals surface area contributed by atoms with Gasteiger partial charge in [-0.2, -0.15) is 0 Å².